The van der Waals surface area contributed by atoms with Gasteiger partial charge in [-0.2, -0.15) is 9.78 Å². The van der Waals surface area contributed by atoms with Crippen molar-refractivity contribution in [2.75, 3.05) is 6.26 Å². The summed E-state index contributed by atoms with van der Waals surface area (Å²) in [5.74, 6) is 0.557. The molecule has 0 aliphatic heterocycles. The summed E-state index contributed by atoms with van der Waals surface area (Å²) in [6.07, 6.45) is 3.70. The van der Waals surface area contributed by atoms with E-state index in [0.29, 0.717) is 16.7 Å². The molecule has 116 valence electrons. The number of aromatic nitrogens is 2. The van der Waals surface area contributed by atoms with E-state index in [-0.39, 0.29) is 5.56 Å². The van der Waals surface area contributed by atoms with Crippen molar-refractivity contribution in [3.8, 4) is 0 Å². The van der Waals surface area contributed by atoms with Crippen LogP contribution in [0.5, 0.6) is 0 Å². The summed E-state index contributed by atoms with van der Waals surface area (Å²) in [6.45, 7) is 1.77. The van der Waals surface area contributed by atoms with E-state index in [4.69, 9.17) is 0 Å². The molecule has 1 heterocycles. The fraction of sp³-hybridized carbons (Fsp3) is 0.118. The summed E-state index contributed by atoms with van der Waals surface area (Å²) in [5, 5.41) is 4.85. The quantitative estimate of drug-likeness (QED) is 0.502. The molecule has 3 aromatic rings. The number of hydrogen-bond acceptors (Lipinski definition) is 4. The van der Waals surface area contributed by atoms with Crippen LogP contribution in [0, 0.1) is 6.92 Å². The van der Waals surface area contributed by atoms with Gasteiger partial charge in [0, 0.05) is 9.37 Å². The molecule has 4 nitrogen and oxygen atoms in total. The zero-order valence-electron chi connectivity index (χ0n) is 12.7. The number of aryl methyl sites for hydroxylation is 1. The summed E-state index contributed by atoms with van der Waals surface area (Å²) < 4.78 is 2.17. The summed E-state index contributed by atoms with van der Waals surface area (Å²) in [5.41, 5.74) is 1.43. The van der Waals surface area contributed by atoms with E-state index in [1.807, 2.05) is 42.7 Å². The second-order valence-electron chi connectivity index (χ2n) is 4.96. The molecule has 0 fully saturated rings. The molecule has 0 bridgehead atoms. The first-order valence-corrected chi connectivity index (χ1v) is 8.97. The van der Waals surface area contributed by atoms with Gasteiger partial charge in [0.05, 0.1) is 17.1 Å². The molecule has 0 radical (unpaired) electrons. The third kappa shape index (κ3) is 3.38. The monoisotopic (exact) mass is 387 g/mol. The lowest BCUT2D eigenvalue weighted by molar-refractivity contribution is 0.771. The molecule has 0 N–H and O–H groups in total. The van der Waals surface area contributed by atoms with Crippen molar-refractivity contribution in [1.82, 2.24) is 9.66 Å². The Kier molecular flexibility index (Phi) is 4.63. The topological polar surface area (TPSA) is 47.2 Å². The number of thioether (sulfide) groups is 1. The third-order valence-electron chi connectivity index (χ3n) is 3.41. The van der Waals surface area contributed by atoms with Crippen LogP contribution >= 0.6 is 27.7 Å². The van der Waals surface area contributed by atoms with Crippen molar-refractivity contribution in [3.63, 3.8) is 0 Å². The average molecular weight is 388 g/mol. The number of rotatable bonds is 3. The summed E-state index contributed by atoms with van der Waals surface area (Å²) in [4.78, 5) is 18.2. The molecule has 0 atom stereocenters. The first-order valence-electron chi connectivity index (χ1n) is 6.96. The van der Waals surface area contributed by atoms with Gasteiger partial charge in [0.15, 0.2) is 0 Å². The smallest absolute Gasteiger partial charge is 0.267 e. The zero-order chi connectivity index (χ0) is 16.4. The van der Waals surface area contributed by atoms with Gasteiger partial charge in [-0.3, -0.25) is 4.79 Å². The number of fused-ring (bicyclic) bond motifs is 1. The first-order chi connectivity index (χ1) is 11.1. The Morgan fingerprint density at radius 2 is 1.96 bits per heavy atom. The van der Waals surface area contributed by atoms with E-state index in [1.165, 1.54) is 9.57 Å². The standard InChI is InChI=1S/C17H14BrN3OS/c1-11-20-16-8-5-13(18)9-15(16)17(22)21(11)19-10-12-3-6-14(23-2)7-4-12/h3-10H,1-2H3. The van der Waals surface area contributed by atoms with Crippen LogP contribution in [0.3, 0.4) is 0 Å². The Morgan fingerprint density at radius 3 is 2.65 bits per heavy atom. The average Bonchev–Trinajstić information content (AvgIpc) is 2.56. The van der Waals surface area contributed by atoms with Gasteiger partial charge in [-0.15, -0.1) is 11.8 Å². The van der Waals surface area contributed by atoms with E-state index >= 15 is 0 Å². The second-order valence-corrected chi connectivity index (χ2v) is 6.75. The van der Waals surface area contributed by atoms with Gasteiger partial charge in [-0.05, 0) is 49.1 Å². The van der Waals surface area contributed by atoms with Gasteiger partial charge >= 0.3 is 0 Å². The van der Waals surface area contributed by atoms with Gasteiger partial charge < -0.3 is 0 Å². The molecule has 3 rings (SSSR count). The van der Waals surface area contributed by atoms with Crippen molar-refractivity contribution in [1.29, 1.82) is 0 Å². The highest BCUT2D eigenvalue weighted by molar-refractivity contribution is 9.10. The van der Waals surface area contributed by atoms with Crippen LogP contribution in [-0.2, 0) is 0 Å². The number of hydrogen-bond donors (Lipinski definition) is 0. The van der Waals surface area contributed by atoms with E-state index in [1.54, 1.807) is 31.0 Å². The molecule has 23 heavy (non-hydrogen) atoms. The van der Waals surface area contributed by atoms with Gasteiger partial charge in [-0.25, -0.2) is 4.98 Å². The molecule has 0 saturated carbocycles. The summed E-state index contributed by atoms with van der Waals surface area (Å²) in [7, 11) is 0. The van der Waals surface area contributed by atoms with Crippen molar-refractivity contribution in [3.05, 3.63) is 68.7 Å². The molecular formula is C17H14BrN3OS. The van der Waals surface area contributed by atoms with E-state index in [0.717, 1.165) is 10.0 Å². The van der Waals surface area contributed by atoms with Gasteiger partial charge in [0.1, 0.15) is 5.82 Å². The minimum absolute atomic E-state index is 0.175. The highest BCUT2D eigenvalue weighted by Crippen LogP contribution is 2.16. The van der Waals surface area contributed by atoms with Crippen LogP contribution in [0.4, 0.5) is 0 Å². The van der Waals surface area contributed by atoms with Crippen LogP contribution in [0.15, 0.2) is 61.7 Å². The van der Waals surface area contributed by atoms with Crippen molar-refractivity contribution >= 4 is 44.8 Å². The first kappa shape index (κ1) is 16.0. The lowest BCUT2D eigenvalue weighted by Gasteiger charge is -2.05. The van der Waals surface area contributed by atoms with Crippen molar-refractivity contribution in [2.45, 2.75) is 11.8 Å². The van der Waals surface area contributed by atoms with E-state index in [9.17, 15) is 4.79 Å². The fourth-order valence-electron chi connectivity index (χ4n) is 2.21. The minimum Gasteiger partial charge on any atom is -0.267 e. The molecule has 2 aromatic carbocycles. The molecule has 0 spiro atoms. The van der Waals surface area contributed by atoms with Crippen LogP contribution in [0.2, 0.25) is 0 Å². The Labute approximate surface area is 146 Å². The Balaban J connectivity index is 2.05. The predicted octanol–water partition coefficient (Wildman–Crippen LogP) is 4.07. The highest BCUT2D eigenvalue weighted by Gasteiger charge is 2.07. The fourth-order valence-corrected chi connectivity index (χ4v) is 2.98. The Morgan fingerprint density at radius 1 is 1.22 bits per heavy atom. The lowest BCUT2D eigenvalue weighted by Crippen LogP contribution is -2.20. The molecule has 1 aromatic heterocycles. The molecule has 0 aliphatic rings. The maximum atomic E-state index is 12.6. The summed E-state index contributed by atoms with van der Waals surface area (Å²) in [6, 6.07) is 13.5. The van der Waals surface area contributed by atoms with Crippen LogP contribution in [0.25, 0.3) is 10.9 Å². The molecule has 0 unspecified atom stereocenters. The summed E-state index contributed by atoms with van der Waals surface area (Å²) >= 11 is 5.07. The van der Waals surface area contributed by atoms with Crippen molar-refractivity contribution < 1.29 is 0 Å². The maximum Gasteiger partial charge on any atom is 0.282 e. The molecule has 0 saturated heterocycles. The number of benzene rings is 2. The zero-order valence-corrected chi connectivity index (χ0v) is 15.1. The molecule has 0 amide bonds. The van der Waals surface area contributed by atoms with Gasteiger partial charge in [-0.1, -0.05) is 28.1 Å². The normalized spacial score (nSPS) is 11.4. The second kappa shape index (κ2) is 6.68. The van der Waals surface area contributed by atoms with Gasteiger partial charge in [0.25, 0.3) is 5.56 Å². The van der Waals surface area contributed by atoms with Crippen LogP contribution in [-0.4, -0.2) is 22.1 Å². The minimum atomic E-state index is -0.175. The third-order valence-corrected chi connectivity index (χ3v) is 4.65. The molecule has 6 heteroatoms. The molecule has 0 aliphatic carbocycles. The predicted molar refractivity (Wildman–Crippen MR) is 99.7 cm³/mol. The SMILES string of the molecule is CSc1ccc(C=Nn2c(C)nc3ccc(Br)cc3c2=O)cc1. The van der Waals surface area contributed by atoms with Crippen LogP contribution < -0.4 is 5.56 Å². The Bertz CT molecular complexity index is 948. The largest absolute Gasteiger partial charge is 0.282 e. The van der Waals surface area contributed by atoms with E-state index in [2.05, 4.69) is 26.0 Å². The highest BCUT2D eigenvalue weighted by atomic mass is 79.9. The maximum absolute atomic E-state index is 12.6. The Hall–Kier alpha value is -1.92. The van der Waals surface area contributed by atoms with Crippen molar-refractivity contribution in [2.24, 2.45) is 5.10 Å². The van der Waals surface area contributed by atoms with E-state index < -0.39 is 0 Å². The van der Waals surface area contributed by atoms with Gasteiger partial charge in [0.2, 0.25) is 0 Å². The number of halogens is 1. The number of nitrogens with zero attached hydrogens (tertiary/aromatic N) is 3. The lowest BCUT2D eigenvalue weighted by atomic mass is 10.2. The molecular weight excluding hydrogens is 374 g/mol. The van der Waals surface area contributed by atoms with Crippen LogP contribution in [0.1, 0.15) is 11.4 Å².